The first kappa shape index (κ1) is 18.1. The van der Waals surface area contributed by atoms with Crippen molar-refractivity contribution >= 4 is 10.8 Å². The van der Waals surface area contributed by atoms with E-state index in [2.05, 4.69) is 20.4 Å². The first-order valence-corrected chi connectivity index (χ1v) is 9.10. The molecule has 0 aliphatic carbocycles. The maximum Gasteiger partial charge on any atom is 0.272 e. The minimum absolute atomic E-state index is 0.227. The van der Waals surface area contributed by atoms with Gasteiger partial charge in [-0.1, -0.05) is 48.5 Å². The Kier molecular flexibility index (Phi) is 4.52. The molecule has 0 saturated heterocycles. The normalized spacial score (nSPS) is 14.7. The average Bonchev–Trinajstić information content (AvgIpc) is 3.20. The Balaban J connectivity index is 1.66. The van der Waals surface area contributed by atoms with Crippen LogP contribution in [0.15, 0.2) is 63.8 Å². The lowest BCUT2D eigenvalue weighted by atomic mass is 9.94. The largest absolute Gasteiger partial charge is 0.423 e. The third kappa shape index (κ3) is 3.32. The molecule has 2 aromatic heterocycles. The lowest BCUT2D eigenvalue weighted by Gasteiger charge is -2.20. The third-order valence-corrected chi connectivity index (χ3v) is 4.85. The van der Waals surface area contributed by atoms with Crippen LogP contribution in [-0.2, 0) is 12.0 Å². The van der Waals surface area contributed by atoms with E-state index < -0.39 is 5.54 Å². The molecule has 1 unspecified atom stereocenters. The van der Waals surface area contributed by atoms with E-state index in [4.69, 9.17) is 10.2 Å². The van der Waals surface area contributed by atoms with E-state index in [1.807, 2.05) is 62.4 Å². The van der Waals surface area contributed by atoms with Gasteiger partial charge in [-0.2, -0.15) is 5.10 Å². The molecule has 4 aromatic rings. The van der Waals surface area contributed by atoms with E-state index in [9.17, 15) is 4.79 Å². The van der Waals surface area contributed by atoms with Crippen molar-refractivity contribution in [2.24, 2.45) is 5.73 Å². The Morgan fingerprint density at radius 3 is 2.50 bits per heavy atom. The molecule has 0 saturated carbocycles. The highest BCUT2D eigenvalue weighted by Gasteiger charge is 2.30. The molecule has 7 heteroatoms. The molecule has 0 radical (unpaired) electrons. The summed E-state index contributed by atoms with van der Waals surface area (Å²) < 4.78 is 5.94. The monoisotopic (exact) mass is 375 g/mol. The fraction of sp³-hybridized carbons (Fsp3) is 0.238. The van der Waals surface area contributed by atoms with Gasteiger partial charge >= 0.3 is 0 Å². The Bertz CT molecular complexity index is 1160. The van der Waals surface area contributed by atoms with Crippen LogP contribution >= 0.6 is 0 Å². The lowest BCUT2D eigenvalue weighted by Crippen LogP contribution is -2.35. The van der Waals surface area contributed by atoms with Crippen LogP contribution in [0.1, 0.15) is 42.8 Å². The molecule has 0 aliphatic rings. The minimum atomic E-state index is -0.799. The number of aromatic amines is 1. The first-order valence-electron chi connectivity index (χ1n) is 9.10. The molecule has 0 bridgehead atoms. The van der Waals surface area contributed by atoms with Gasteiger partial charge in [-0.15, -0.1) is 10.2 Å². The molecular weight excluding hydrogens is 354 g/mol. The van der Waals surface area contributed by atoms with Crippen LogP contribution in [0.4, 0.5) is 0 Å². The van der Waals surface area contributed by atoms with Crippen molar-refractivity contribution in [1.29, 1.82) is 0 Å². The first-order chi connectivity index (χ1) is 13.5. The van der Waals surface area contributed by atoms with Crippen LogP contribution < -0.4 is 11.3 Å². The summed E-state index contributed by atoms with van der Waals surface area (Å²) in [4.78, 5) is 12.0. The van der Waals surface area contributed by atoms with Gasteiger partial charge in [0.2, 0.25) is 11.8 Å². The number of hydrogen-bond acceptors (Lipinski definition) is 6. The number of nitrogens with two attached hydrogens (primary N) is 1. The fourth-order valence-electron chi connectivity index (χ4n) is 3.32. The number of aromatic nitrogens is 4. The molecular formula is C21H21N5O2. The van der Waals surface area contributed by atoms with Gasteiger partial charge in [0.05, 0.1) is 22.5 Å². The predicted octanol–water partition coefficient (Wildman–Crippen LogP) is 2.87. The summed E-state index contributed by atoms with van der Waals surface area (Å²) in [5.41, 5.74) is 7.21. The molecule has 7 nitrogen and oxygen atoms in total. The number of fused-ring (bicyclic) bond motifs is 1. The predicted molar refractivity (Wildman–Crippen MR) is 106 cm³/mol. The van der Waals surface area contributed by atoms with Gasteiger partial charge in [0, 0.05) is 5.39 Å². The van der Waals surface area contributed by atoms with Crippen LogP contribution in [0.25, 0.3) is 10.8 Å². The fourth-order valence-corrected chi connectivity index (χ4v) is 3.32. The van der Waals surface area contributed by atoms with Crippen LogP contribution in [0.2, 0.25) is 0 Å². The van der Waals surface area contributed by atoms with Crippen molar-refractivity contribution in [3.8, 4) is 0 Å². The topological polar surface area (TPSA) is 111 Å². The second kappa shape index (κ2) is 7.01. The van der Waals surface area contributed by atoms with Gasteiger partial charge in [-0.25, -0.2) is 5.10 Å². The number of H-pyrrole nitrogens is 1. The van der Waals surface area contributed by atoms with Gasteiger partial charge in [-0.05, 0) is 31.9 Å². The molecule has 142 valence electrons. The van der Waals surface area contributed by atoms with E-state index in [0.29, 0.717) is 29.3 Å². The maximum atomic E-state index is 12.0. The molecule has 3 N–H and O–H groups in total. The molecule has 28 heavy (non-hydrogen) atoms. The van der Waals surface area contributed by atoms with Gasteiger partial charge in [0.15, 0.2) is 0 Å². The maximum absolute atomic E-state index is 12.0. The Morgan fingerprint density at radius 1 is 1.07 bits per heavy atom. The zero-order valence-electron chi connectivity index (χ0n) is 15.7. The number of rotatable bonds is 5. The van der Waals surface area contributed by atoms with Gasteiger partial charge < -0.3 is 10.2 Å². The zero-order chi connectivity index (χ0) is 19.7. The van der Waals surface area contributed by atoms with Gasteiger partial charge in [0.1, 0.15) is 0 Å². The Morgan fingerprint density at radius 2 is 1.75 bits per heavy atom. The second-order valence-corrected chi connectivity index (χ2v) is 7.23. The summed E-state index contributed by atoms with van der Waals surface area (Å²) >= 11 is 0. The molecule has 2 aromatic carbocycles. The van der Waals surface area contributed by atoms with E-state index in [1.54, 1.807) is 6.07 Å². The van der Waals surface area contributed by atoms with Crippen molar-refractivity contribution < 1.29 is 4.42 Å². The third-order valence-electron chi connectivity index (χ3n) is 4.85. The molecule has 0 fully saturated rings. The summed E-state index contributed by atoms with van der Waals surface area (Å²) in [7, 11) is 0. The number of nitrogens with zero attached hydrogens (tertiary/aromatic N) is 3. The SMILES string of the molecule is CC(c1nnc([C@](C)(N)Cc2ccccc2)o1)c1n[nH]c(=O)c2ccccc12. The molecule has 0 aliphatic heterocycles. The summed E-state index contributed by atoms with van der Waals surface area (Å²) in [5, 5.41) is 16.5. The molecule has 0 spiro atoms. The smallest absolute Gasteiger partial charge is 0.272 e. The number of hydrogen-bond donors (Lipinski definition) is 2. The van der Waals surface area contributed by atoms with Crippen molar-refractivity contribution in [3.63, 3.8) is 0 Å². The number of benzene rings is 2. The second-order valence-electron chi connectivity index (χ2n) is 7.23. The van der Waals surface area contributed by atoms with E-state index >= 15 is 0 Å². The van der Waals surface area contributed by atoms with Gasteiger partial charge in [-0.3, -0.25) is 4.79 Å². The van der Waals surface area contributed by atoms with Crippen LogP contribution in [0.5, 0.6) is 0 Å². The number of nitrogens with one attached hydrogen (secondary N) is 1. The van der Waals surface area contributed by atoms with E-state index in [1.165, 1.54) is 0 Å². The minimum Gasteiger partial charge on any atom is -0.423 e. The van der Waals surface area contributed by atoms with Crippen LogP contribution in [0, 0.1) is 0 Å². The summed E-state index contributed by atoms with van der Waals surface area (Å²) in [6, 6.07) is 17.3. The lowest BCUT2D eigenvalue weighted by molar-refractivity contribution is 0.332. The van der Waals surface area contributed by atoms with Crippen LogP contribution in [0.3, 0.4) is 0 Å². The van der Waals surface area contributed by atoms with Gasteiger partial charge in [0.25, 0.3) is 5.56 Å². The molecule has 2 heterocycles. The Labute approximate surface area is 161 Å². The van der Waals surface area contributed by atoms with Crippen molar-refractivity contribution in [1.82, 2.24) is 20.4 Å². The van der Waals surface area contributed by atoms with E-state index in [0.717, 1.165) is 10.9 Å². The van der Waals surface area contributed by atoms with E-state index in [-0.39, 0.29) is 11.5 Å². The highest BCUT2D eigenvalue weighted by Crippen LogP contribution is 2.29. The summed E-state index contributed by atoms with van der Waals surface area (Å²) in [6.45, 7) is 3.78. The molecule has 4 rings (SSSR count). The quantitative estimate of drug-likeness (QED) is 0.555. The highest BCUT2D eigenvalue weighted by molar-refractivity contribution is 5.84. The average molecular weight is 375 g/mol. The Hall–Kier alpha value is -3.32. The standard InChI is InChI=1S/C21H21N5O2/c1-13(17-15-10-6-7-11-16(15)18(27)24-23-17)19-25-26-20(28-19)21(2,22)12-14-8-4-3-5-9-14/h3-11,13H,12,22H2,1-2H3,(H,24,27)/t13?,21-/m1/s1. The van der Waals surface area contributed by atoms with Crippen molar-refractivity contribution in [3.05, 3.63) is 88.0 Å². The molecule has 0 amide bonds. The highest BCUT2D eigenvalue weighted by atomic mass is 16.4. The summed E-state index contributed by atoms with van der Waals surface area (Å²) in [5.74, 6) is 0.479. The van der Waals surface area contributed by atoms with Crippen molar-refractivity contribution in [2.45, 2.75) is 31.7 Å². The zero-order valence-corrected chi connectivity index (χ0v) is 15.7. The van der Waals surface area contributed by atoms with Crippen molar-refractivity contribution in [2.75, 3.05) is 0 Å². The van der Waals surface area contributed by atoms with Crippen LogP contribution in [-0.4, -0.2) is 20.4 Å². The summed E-state index contributed by atoms with van der Waals surface area (Å²) in [6.07, 6.45) is 0.573. The molecule has 2 atom stereocenters.